The molecule has 0 aromatic rings. The Balaban J connectivity index is 3.01. The van der Waals surface area contributed by atoms with Crippen LogP contribution >= 0.6 is 11.6 Å². The summed E-state index contributed by atoms with van der Waals surface area (Å²) in [6.07, 6.45) is 3.92. The van der Waals surface area contributed by atoms with Gasteiger partial charge < -0.3 is 4.74 Å². The van der Waals surface area contributed by atoms with E-state index in [1.807, 2.05) is 6.08 Å². The van der Waals surface area contributed by atoms with Gasteiger partial charge in [-0.25, -0.2) is 0 Å². The van der Waals surface area contributed by atoms with Gasteiger partial charge in [0.25, 0.3) is 0 Å². The van der Waals surface area contributed by atoms with Crippen molar-refractivity contribution in [1.82, 2.24) is 0 Å². The van der Waals surface area contributed by atoms with Gasteiger partial charge in [-0.05, 0) is 18.4 Å². The number of ether oxygens (including phenoxy) is 1. The summed E-state index contributed by atoms with van der Waals surface area (Å²) in [7, 11) is 0. The van der Waals surface area contributed by atoms with Gasteiger partial charge in [0, 0.05) is 12.5 Å². The van der Waals surface area contributed by atoms with Gasteiger partial charge >= 0.3 is 0 Å². The number of hydrogen-bond donors (Lipinski definition) is 0. The predicted octanol–water partition coefficient (Wildman–Crippen LogP) is 2.76. The Morgan fingerprint density at radius 2 is 2.27 bits per heavy atom. The molecule has 0 bridgehead atoms. The van der Waals surface area contributed by atoms with E-state index in [2.05, 4.69) is 13.2 Å². The molecule has 0 aliphatic heterocycles. The molecule has 0 N–H and O–H groups in total. The van der Waals surface area contributed by atoms with Crippen LogP contribution in [0.5, 0.6) is 0 Å². The molecule has 0 aromatic carbocycles. The maximum Gasteiger partial charge on any atom is 0.0685 e. The Kier molecular flexibility index (Phi) is 7.64. The first-order valence-electron chi connectivity index (χ1n) is 3.72. The van der Waals surface area contributed by atoms with Crippen molar-refractivity contribution in [3.63, 3.8) is 0 Å². The monoisotopic (exact) mass is 174 g/mol. The standard InChI is InChI=1S/C9H15ClO/c1-3-4-5-6-11-8-9(2)7-10/h3H,1-2,4-8H2. The Hall–Kier alpha value is -0.270. The summed E-state index contributed by atoms with van der Waals surface area (Å²) < 4.78 is 5.26. The van der Waals surface area contributed by atoms with Crippen LogP contribution in [0.25, 0.3) is 0 Å². The van der Waals surface area contributed by atoms with Crippen LogP contribution in [0, 0.1) is 0 Å². The largest absolute Gasteiger partial charge is 0.377 e. The first-order valence-corrected chi connectivity index (χ1v) is 4.26. The van der Waals surface area contributed by atoms with Crippen molar-refractivity contribution in [1.29, 1.82) is 0 Å². The molecule has 0 saturated heterocycles. The summed E-state index contributed by atoms with van der Waals surface area (Å²) in [4.78, 5) is 0. The molecule has 2 heteroatoms. The Morgan fingerprint density at radius 3 is 2.82 bits per heavy atom. The van der Waals surface area contributed by atoms with Gasteiger partial charge in [0.2, 0.25) is 0 Å². The number of allylic oxidation sites excluding steroid dienone is 1. The van der Waals surface area contributed by atoms with Crippen molar-refractivity contribution >= 4 is 11.6 Å². The highest BCUT2D eigenvalue weighted by Gasteiger charge is 1.90. The zero-order valence-electron chi connectivity index (χ0n) is 6.81. The van der Waals surface area contributed by atoms with Crippen molar-refractivity contribution in [2.24, 2.45) is 0 Å². The fraction of sp³-hybridized carbons (Fsp3) is 0.556. The van der Waals surface area contributed by atoms with Crippen molar-refractivity contribution < 1.29 is 4.74 Å². The van der Waals surface area contributed by atoms with Gasteiger partial charge in [-0.3, -0.25) is 0 Å². The van der Waals surface area contributed by atoms with Crippen molar-refractivity contribution in [2.45, 2.75) is 12.8 Å². The van der Waals surface area contributed by atoms with E-state index in [0.29, 0.717) is 12.5 Å². The van der Waals surface area contributed by atoms with Crippen molar-refractivity contribution in [2.75, 3.05) is 19.1 Å². The lowest BCUT2D eigenvalue weighted by molar-refractivity contribution is 0.154. The zero-order chi connectivity index (χ0) is 8.53. The minimum absolute atomic E-state index is 0.488. The van der Waals surface area contributed by atoms with Gasteiger partial charge in [-0.1, -0.05) is 12.7 Å². The average molecular weight is 175 g/mol. The normalized spacial score (nSPS) is 9.55. The fourth-order valence-corrected chi connectivity index (χ4v) is 0.662. The summed E-state index contributed by atoms with van der Waals surface area (Å²) in [5.41, 5.74) is 0.935. The molecule has 64 valence electrons. The molecule has 0 fully saturated rings. The number of unbranched alkanes of at least 4 members (excludes halogenated alkanes) is 1. The van der Waals surface area contributed by atoms with E-state index in [4.69, 9.17) is 16.3 Å². The van der Waals surface area contributed by atoms with E-state index in [1.54, 1.807) is 0 Å². The topological polar surface area (TPSA) is 9.23 Å². The first-order chi connectivity index (χ1) is 5.31. The highest BCUT2D eigenvalue weighted by atomic mass is 35.5. The van der Waals surface area contributed by atoms with Crippen LogP contribution in [-0.4, -0.2) is 19.1 Å². The van der Waals surface area contributed by atoms with Crippen LogP contribution in [0.3, 0.4) is 0 Å². The lowest BCUT2D eigenvalue weighted by Gasteiger charge is -2.02. The number of hydrogen-bond acceptors (Lipinski definition) is 1. The lowest BCUT2D eigenvalue weighted by atomic mass is 10.3. The van der Waals surface area contributed by atoms with Crippen molar-refractivity contribution in [3.05, 3.63) is 24.8 Å². The van der Waals surface area contributed by atoms with E-state index in [0.717, 1.165) is 25.0 Å². The molecule has 1 nitrogen and oxygen atoms in total. The van der Waals surface area contributed by atoms with Crippen molar-refractivity contribution in [3.8, 4) is 0 Å². The van der Waals surface area contributed by atoms with Gasteiger partial charge in [-0.15, -0.1) is 18.2 Å². The van der Waals surface area contributed by atoms with Crippen LogP contribution in [-0.2, 0) is 4.74 Å². The molecular weight excluding hydrogens is 160 g/mol. The van der Waals surface area contributed by atoms with Crippen LogP contribution in [0.4, 0.5) is 0 Å². The molecule has 0 aliphatic rings. The molecule has 0 heterocycles. The van der Waals surface area contributed by atoms with Gasteiger partial charge in [0.15, 0.2) is 0 Å². The molecular formula is C9H15ClO. The molecule has 0 amide bonds. The quantitative estimate of drug-likeness (QED) is 0.328. The van der Waals surface area contributed by atoms with Crippen LogP contribution in [0.15, 0.2) is 24.8 Å². The van der Waals surface area contributed by atoms with Crippen LogP contribution in [0.1, 0.15) is 12.8 Å². The Bertz CT molecular complexity index is 121. The van der Waals surface area contributed by atoms with Gasteiger partial charge in [0.05, 0.1) is 6.61 Å². The Labute approximate surface area is 73.7 Å². The molecule has 0 saturated carbocycles. The minimum atomic E-state index is 0.488. The zero-order valence-corrected chi connectivity index (χ0v) is 7.57. The maximum absolute atomic E-state index is 5.50. The van der Waals surface area contributed by atoms with Crippen LogP contribution in [0.2, 0.25) is 0 Å². The molecule has 0 spiro atoms. The molecule has 0 unspecified atom stereocenters. The first kappa shape index (κ1) is 10.7. The summed E-state index contributed by atoms with van der Waals surface area (Å²) in [6.45, 7) is 8.68. The molecule has 0 radical (unpaired) electrons. The maximum atomic E-state index is 5.50. The summed E-state index contributed by atoms with van der Waals surface area (Å²) in [6, 6.07) is 0. The second-order valence-corrected chi connectivity index (χ2v) is 2.63. The second kappa shape index (κ2) is 7.83. The molecule has 11 heavy (non-hydrogen) atoms. The smallest absolute Gasteiger partial charge is 0.0685 e. The summed E-state index contributed by atoms with van der Waals surface area (Å²) in [5, 5.41) is 0. The average Bonchev–Trinajstić information content (AvgIpc) is 2.04. The summed E-state index contributed by atoms with van der Waals surface area (Å²) >= 11 is 5.50. The highest BCUT2D eigenvalue weighted by molar-refractivity contribution is 6.19. The van der Waals surface area contributed by atoms with E-state index in [1.165, 1.54) is 0 Å². The third kappa shape index (κ3) is 7.63. The predicted molar refractivity (Wildman–Crippen MR) is 50.1 cm³/mol. The molecule has 0 atom stereocenters. The highest BCUT2D eigenvalue weighted by Crippen LogP contribution is 1.96. The molecule has 0 aromatic heterocycles. The Morgan fingerprint density at radius 1 is 1.55 bits per heavy atom. The van der Waals surface area contributed by atoms with Crippen LogP contribution < -0.4 is 0 Å². The molecule has 0 aliphatic carbocycles. The van der Waals surface area contributed by atoms with E-state index >= 15 is 0 Å². The minimum Gasteiger partial charge on any atom is -0.377 e. The van der Waals surface area contributed by atoms with Gasteiger partial charge in [-0.2, -0.15) is 0 Å². The number of alkyl halides is 1. The molecule has 0 rings (SSSR count). The van der Waals surface area contributed by atoms with Gasteiger partial charge in [0.1, 0.15) is 0 Å². The summed E-state index contributed by atoms with van der Waals surface area (Å²) in [5.74, 6) is 0.488. The van der Waals surface area contributed by atoms with E-state index in [9.17, 15) is 0 Å². The lowest BCUT2D eigenvalue weighted by Crippen LogP contribution is -1.99. The van der Waals surface area contributed by atoms with E-state index in [-0.39, 0.29) is 0 Å². The fourth-order valence-electron chi connectivity index (χ4n) is 0.585. The SMILES string of the molecule is C=CCCCOCC(=C)CCl. The second-order valence-electron chi connectivity index (χ2n) is 2.37. The third-order valence-electron chi connectivity index (χ3n) is 1.19. The number of halogens is 1. The van der Waals surface area contributed by atoms with E-state index < -0.39 is 0 Å². The number of rotatable bonds is 7. The third-order valence-corrected chi connectivity index (χ3v) is 1.57.